The Morgan fingerprint density at radius 2 is 1.88 bits per heavy atom. The molecule has 4 rings (SSSR count). The number of ether oxygens (including phenoxy) is 1. The molecule has 1 amide bonds. The minimum Gasteiger partial charge on any atom is -0.497 e. The fourth-order valence-corrected chi connectivity index (χ4v) is 4.25. The number of nitrogens with one attached hydrogen (secondary N) is 1. The molecule has 0 spiro atoms. The maximum atomic E-state index is 12.4. The number of benzene rings is 3. The van der Waals surface area contributed by atoms with E-state index in [0.29, 0.717) is 18.1 Å². The highest BCUT2D eigenvalue weighted by molar-refractivity contribution is 7.99. The molecular formula is C25H24N4O2S. The summed E-state index contributed by atoms with van der Waals surface area (Å²) in [4.78, 5) is 12.4. The topological polar surface area (TPSA) is 69.0 Å². The van der Waals surface area contributed by atoms with Crippen molar-refractivity contribution >= 4 is 34.1 Å². The third-order valence-electron chi connectivity index (χ3n) is 5.04. The van der Waals surface area contributed by atoms with Crippen LogP contribution in [0.1, 0.15) is 11.4 Å². The monoisotopic (exact) mass is 444 g/mol. The number of rotatable bonds is 9. The van der Waals surface area contributed by atoms with Crippen LogP contribution in [0.15, 0.2) is 84.5 Å². The van der Waals surface area contributed by atoms with Crippen LogP contribution in [0.3, 0.4) is 0 Å². The van der Waals surface area contributed by atoms with Crippen LogP contribution in [0.4, 0.5) is 5.69 Å². The first kappa shape index (κ1) is 21.6. The van der Waals surface area contributed by atoms with Crippen LogP contribution >= 0.6 is 11.8 Å². The van der Waals surface area contributed by atoms with Gasteiger partial charge in [-0.2, -0.15) is 0 Å². The van der Waals surface area contributed by atoms with Gasteiger partial charge in [0.2, 0.25) is 5.91 Å². The van der Waals surface area contributed by atoms with Crippen LogP contribution in [-0.4, -0.2) is 33.5 Å². The first-order chi connectivity index (χ1) is 15.7. The van der Waals surface area contributed by atoms with E-state index in [9.17, 15) is 4.79 Å². The first-order valence-electron chi connectivity index (χ1n) is 10.2. The molecular weight excluding hydrogens is 420 g/mol. The molecule has 1 aromatic heterocycles. The molecule has 32 heavy (non-hydrogen) atoms. The van der Waals surface area contributed by atoms with Gasteiger partial charge in [0.05, 0.1) is 12.9 Å². The number of carbonyl (C=O) groups is 1. The van der Waals surface area contributed by atoms with Crippen molar-refractivity contribution < 1.29 is 9.53 Å². The van der Waals surface area contributed by atoms with Crippen LogP contribution < -0.4 is 10.1 Å². The number of amides is 1. The zero-order chi connectivity index (χ0) is 22.3. The molecule has 162 valence electrons. The van der Waals surface area contributed by atoms with Gasteiger partial charge in [-0.3, -0.25) is 4.79 Å². The maximum absolute atomic E-state index is 12.4. The lowest BCUT2D eigenvalue weighted by Crippen LogP contribution is -2.14. The van der Waals surface area contributed by atoms with Gasteiger partial charge in [-0.15, -0.1) is 16.8 Å². The van der Waals surface area contributed by atoms with Gasteiger partial charge in [-0.1, -0.05) is 60.3 Å². The van der Waals surface area contributed by atoms with E-state index in [4.69, 9.17) is 4.74 Å². The second-order valence-corrected chi connectivity index (χ2v) is 8.12. The second kappa shape index (κ2) is 10.2. The number of carbonyl (C=O) groups excluding carboxylic acids is 1. The summed E-state index contributed by atoms with van der Waals surface area (Å²) in [5.41, 5.74) is 1.91. The fourth-order valence-electron chi connectivity index (χ4n) is 3.49. The molecule has 0 aliphatic carbocycles. The summed E-state index contributed by atoms with van der Waals surface area (Å²) >= 11 is 1.36. The van der Waals surface area contributed by atoms with Crippen molar-refractivity contribution in [2.45, 2.75) is 18.1 Å². The van der Waals surface area contributed by atoms with Gasteiger partial charge < -0.3 is 14.6 Å². The first-order valence-corrected chi connectivity index (χ1v) is 11.2. The lowest BCUT2D eigenvalue weighted by atomic mass is 10.0. The Morgan fingerprint density at radius 3 is 2.66 bits per heavy atom. The zero-order valence-corrected chi connectivity index (χ0v) is 18.6. The van der Waals surface area contributed by atoms with Crippen molar-refractivity contribution in [3.8, 4) is 5.75 Å². The number of anilines is 1. The molecule has 0 unspecified atom stereocenters. The summed E-state index contributed by atoms with van der Waals surface area (Å²) < 4.78 is 7.16. The highest BCUT2D eigenvalue weighted by Gasteiger charge is 2.15. The lowest BCUT2D eigenvalue weighted by molar-refractivity contribution is -0.113. The van der Waals surface area contributed by atoms with E-state index >= 15 is 0 Å². The summed E-state index contributed by atoms with van der Waals surface area (Å²) in [6.07, 6.45) is 2.47. The summed E-state index contributed by atoms with van der Waals surface area (Å²) in [5, 5.41) is 14.8. The van der Waals surface area contributed by atoms with E-state index in [0.717, 1.165) is 17.3 Å². The summed E-state index contributed by atoms with van der Waals surface area (Å²) in [6, 6.07) is 21.8. The Labute approximate surface area is 191 Å². The average Bonchev–Trinajstić information content (AvgIpc) is 3.20. The second-order valence-electron chi connectivity index (χ2n) is 7.18. The van der Waals surface area contributed by atoms with Crippen molar-refractivity contribution in [3.05, 3.63) is 90.8 Å². The Morgan fingerprint density at radius 1 is 1.09 bits per heavy atom. The Kier molecular flexibility index (Phi) is 6.87. The molecule has 7 heteroatoms. The quantitative estimate of drug-likeness (QED) is 0.292. The highest BCUT2D eigenvalue weighted by atomic mass is 32.2. The number of fused-ring (bicyclic) bond motifs is 1. The van der Waals surface area contributed by atoms with E-state index in [1.807, 2.05) is 47.0 Å². The molecule has 6 nitrogen and oxygen atoms in total. The molecule has 0 fully saturated rings. The molecule has 1 heterocycles. The predicted octanol–water partition coefficient (Wildman–Crippen LogP) is 4.95. The lowest BCUT2D eigenvalue weighted by Gasteiger charge is -2.10. The van der Waals surface area contributed by atoms with Gasteiger partial charge in [-0.05, 0) is 40.6 Å². The van der Waals surface area contributed by atoms with Gasteiger partial charge in [0.15, 0.2) is 5.16 Å². The SMILES string of the molecule is C=CCn1c(Cc2cccc3ccccc23)nnc1SCC(=O)Nc1ccc(OC)cc1. The minimum atomic E-state index is -0.107. The highest BCUT2D eigenvalue weighted by Crippen LogP contribution is 2.24. The van der Waals surface area contributed by atoms with Gasteiger partial charge in [0.25, 0.3) is 0 Å². The molecule has 3 aromatic carbocycles. The van der Waals surface area contributed by atoms with E-state index in [1.165, 1.54) is 28.1 Å². The van der Waals surface area contributed by atoms with Gasteiger partial charge in [0.1, 0.15) is 11.6 Å². The predicted molar refractivity (Wildman–Crippen MR) is 129 cm³/mol. The number of methoxy groups -OCH3 is 1. The molecule has 0 atom stereocenters. The third-order valence-corrected chi connectivity index (χ3v) is 6.01. The van der Waals surface area contributed by atoms with Crippen molar-refractivity contribution in [2.75, 3.05) is 18.2 Å². The summed E-state index contributed by atoms with van der Waals surface area (Å²) in [6.45, 7) is 4.44. The van der Waals surface area contributed by atoms with Crippen LogP contribution in [0.5, 0.6) is 5.75 Å². The van der Waals surface area contributed by atoms with E-state index < -0.39 is 0 Å². The standard InChI is InChI=1S/C25H24N4O2S/c1-3-15-29-23(16-19-9-6-8-18-7-4-5-10-22(18)19)27-28-25(29)32-17-24(30)26-20-11-13-21(31-2)14-12-20/h3-14H,1,15-17H2,2H3,(H,26,30). The molecule has 0 saturated carbocycles. The van der Waals surface area contributed by atoms with Crippen molar-refractivity contribution in [3.63, 3.8) is 0 Å². The van der Waals surface area contributed by atoms with Crippen molar-refractivity contribution in [2.24, 2.45) is 0 Å². The Balaban J connectivity index is 1.46. The maximum Gasteiger partial charge on any atom is 0.234 e. The minimum absolute atomic E-state index is 0.107. The van der Waals surface area contributed by atoms with Gasteiger partial charge in [0, 0.05) is 18.7 Å². The summed E-state index contributed by atoms with van der Waals surface area (Å²) in [5.74, 6) is 1.71. The largest absolute Gasteiger partial charge is 0.497 e. The van der Waals surface area contributed by atoms with Crippen molar-refractivity contribution in [1.29, 1.82) is 0 Å². The number of aromatic nitrogens is 3. The number of allylic oxidation sites excluding steroid dienone is 1. The molecule has 0 radical (unpaired) electrons. The van der Waals surface area contributed by atoms with Gasteiger partial charge in [-0.25, -0.2) is 0 Å². The van der Waals surface area contributed by atoms with Gasteiger partial charge >= 0.3 is 0 Å². The normalized spacial score (nSPS) is 10.8. The van der Waals surface area contributed by atoms with E-state index in [1.54, 1.807) is 7.11 Å². The number of nitrogens with zero attached hydrogens (tertiary/aromatic N) is 3. The van der Waals surface area contributed by atoms with Crippen LogP contribution in [0, 0.1) is 0 Å². The molecule has 0 aliphatic rings. The van der Waals surface area contributed by atoms with E-state index in [-0.39, 0.29) is 11.7 Å². The van der Waals surface area contributed by atoms with Crippen LogP contribution in [0.25, 0.3) is 10.8 Å². The molecule has 4 aromatic rings. The molecule has 0 bridgehead atoms. The Hall–Kier alpha value is -3.58. The average molecular weight is 445 g/mol. The number of hydrogen-bond donors (Lipinski definition) is 1. The van der Waals surface area contributed by atoms with Crippen molar-refractivity contribution in [1.82, 2.24) is 14.8 Å². The third kappa shape index (κ3) is 5.00. The van der Waals surface area contributed by atoms with E-state index in [2.05, 4.69) is 52.4 Å². The molecule has 0 aliphatic heterocycles. The van der Waals surface area contributed by atoms with Crippen LogP contribution in [-0.2, 0) is 17.8 Å². The number of thioether (sulfide) groups is 1. The fraction of sp³-hybridized carbons (Fsp3) is 0.160. The Bertz CT molecular complexity index is 1230. The summed E-state index contributed by atoms with van der Waals surface area (Å²) in [7, 11) is 1.61. The molecule has 1 N–H and O–H groups in total. The zero-order valence-electron chi connectivity index (χ0n) is 17.8. The number of hydrogen-bond acceptors (Lipinski definition) is 5. The van der Waals surface area contributed by atoms with Crippen LogP contribution in [0.2, 0.25) is 0 Å². The smallest absolute Gasteiger partial charge is 0.234 e. The molecule has 0 saturated heterocycles.